The smallest absolute Gasteiger partial charge is 0.273 e. The molecule has 9 nitrogen and oxygen atoms in total. The number of methoxy groups -OCH3 is 1. The van der Waals surface area contributed by atoms with Gasteiger partial charge in [0, 0.05) is 25.0 Å². The SMILES string of the molecule is COc1cc([N+](=O)[O-])ccc1NC(=O)CNCCCn1ccnc1. The number of non-ortho nitro benzene ring substituents is 1. The molecule has 0 saturated carbocycles. The lowest BCUT2D eigenvalue weighted by molar-refractivity contribution is -0.384. The summed E-state index contributed by atoms with van der Waals surface area (Å²) >= 11 is 0. The van der Waals surface area contributed by atoms with Crippen LogP contribution in [0.2, 0.25) is 0 Å². The van der Waals surface area contributed by atoms with Crippen LogP contribution in [0.3, 0.4) is 0 Å². The Hall–Kier alpha value is -2.94. The van der Waals surface area contributed by atoms with Crippen molar-refractivity contribution in [3.8, 4) is 5.75 Å². The molecule has 0 atom stereocenters. The molecule has 0 aliphatic rings. The van der Waals surface area contributed by atoms with Gasteiger partial charge in [-0.3, -0.25) is 14.9 Å². The van der Waals surface area contributed by atoms with Crippen molar-refractivity contribution in [2.75, 3.05) is 25.5 Å². The van der Waals surface area contributed by atoms with E-state index in [0.29, 0.717) is 12.2 Å². The van der Waals surface area contributed by atoms with Crippen molar-refractivity contribution in [3.63, 3.8) is 0 Å². The van der Waals surface area contributed by atoms with Gasteiger partial charge in [0.1, 0.15) is 5.75 Å². The maximum absolute atomic E-state index is 11.9. The Labute approximate surface area is 138 Å². The standard InChI is InChI=1S/C15H19N5O4/c1-24-14-9-12(20(22)23)3-4-13(14)18-15(21)10-16-5-2-7-19-8-6-17-11-19/h3-4,6,8-9,11,16H,2,5,7,10H2,1H3,(H,18,21). The first kappa shape index (κ1) is 17.4. The third kappa shape index (κ3) is 5.06. The molecule has 0 aliphatic heterocycles. The lowest BCUT2D eigenvalue weighted by Gasteiger charge is -2.10. The molecular weight excluding hydrogens is 314 g/mol. The molecule has 0 radical (unpaired) electrons. The van der Waals surface area contributed by atoms with E-state index >= 15 is 0 Å². The van der Waals surface area contributed by atoms with E-state index in [-0.39, 0.29) is 23.9 Å². The van der Waals surface area contributed by atoms with Gasteiger partial charge in [0.05, 0.1) is 36.7 Å². The van der Waals surface area contributed by atoms with Gasteiger partial charge in [0.25, 0.3) is 5.69 Å². The highest BCUT2D eigenvalue weighted by Gasteiger charge is 2.13. The average Bonchev–Trinajstić information content (AvgIpc) is 3.08. The third-order valence-electron chi connectivity index (χ3n) is 3.28. The molecule has 128 valence electrons. The molecule has 1 aromatic carbocycles. The quantitative estimate of drug-likeness (QED) is 0.408. The van der Waals surface area contributed by atoms with E-state index in [4.69, 9.17) is 4.74 Å². The predicted octanol–water partition coefficient (Wildman–Crippen LogP) is 1.42. The number of rotatable bonds is 9. The minimum Gasteiger partial charge on any atom is -0.494 e. The lowest BCUT2D eigenvalue weighted by atomic mass is 10.2. The molecule has 0 spiro atoms. The van der Waals surface area contributed by atoms with Crippen molar-refractivity contribution in [1.82, 2.24) is 14.9 Å². The van der Waals surface area contributed by atoms with Crippen molar-refractivity contribution < 1.29 is 14.5 Å². The summed E-state index contributed by atoms with van der Waals surface area (Å²) in [5, 5.41) is 16.4. The van der Waals surface area contributed by atoms with Gasteiger partial charge in [-0.25, -0.2) is 4.98 Å². The molecule has 9 heteroatoms. The van der Waals surface area contributed by atoms with Gasteiger partial charge in [-0.05, 0) is 19.0 Å². The van der Waals surface area contributed by atoms with Crippen LogP contribution in [-0.4, -0.2) is 40.6 Å². The molecule has 2 aromatic rings. The van der Waals surface area contributed by atoms with Gasteiger partial charge in [-0.15, -0.1) is 0 Å². The zero-order valence-electron chi connectivity index (χ0n) is 13.3. The Morgan fingerprint density at radius 3 is 2.96 bits per heavy atom. The number of amides is 1. The van der Waals surface area contributed by atoms with E-state index in [1.807, 2.05) is 10.8 Å². The van der Waals surface area contributed by atoms with Crippen molar-refractivity contribution in [2.24, 2.45) is 0 Å². The number of nitrogens with zero attached hydrogens (tertiary/aromatic N) is 3. The molecule has 1 aromatic heterocycles. The number of hydrogen-bond acceptors (Lipinski definition) is 6. The first-order valence-corrected chi connectivity index (χ1v) is 7.39. The second kappa shape index (κ2) is 8.63. The van der Waals surface area contributed by atoms with Crippen LogP contribution in [0, 0.1) is 10.1 Å². The fourth-order valence-corrected chi connectivity index (χ4v) is 2.10. The molecule has 2 N–H and O–H groups in total. The minimum atomic E-state index is -0.518. The van der Waals surface area contributed by atoms with Gasteiger partial charge >= 0.3 is 0 Å². The highest BCUT2D eigenvalue weighted by atomic mass is 16.6. The van der Waals surface area contributed by atoms with Crippen LogP contribution in [-0.2, 0) is 11.3 Å². The van der Waals surface area contributed by atoms with E-state index < -0.39 is 4.92 Å². The van der Waals surface area contributed by atoms with Crippen LogP contribution >= 0.6 is 0 Å². The van der Waals surface area contributed by atoms with E-state index in [1.165, 1.54) is 25.3 Å². The van der Waals surface area contributed by atoms with Gasteiger partial charge < -0.3 is 19.9 Å². The Morgan fingerprint density at radius 1 is 1.46 bits per heavy atom. The fourth-order valence-electron chi connectivity index (χ4n) is 2.10. The number of hydrogen-bond donors (Lipinski definition) is 2. The highest BCUT2D eigenvalue weighted by Crippen LogP contribution is 2.28. The predicted molar refractivity (Wildman–Crippen MR) is 88.0 cm³/mol. The lowest BCUT2D eigenvalue weighted by Crippen LogP contribution is -2.29. The molecule has 0 saturated heterocycles. The van der Waals surface area contributed by atoms with Crippen molar-refractivity contribution in [2.45, 2.75) is 13.0 Å². The summed E-state index contributed by atoms with van der Waals surface area (Å²) in [7, 11) is 1.39. The van der Waals surface area contributed by atoms with Gasteiger partial charge in [-0.1, -0.05) is 0 Å². The Balaban J connectivity index is 1.76. The van der Waals surface area contributed by atoms with E-state index in [1.54, 1.807) is 12.5 Å². The van der Waals surface area contributed by atoms with Crippen molar-refractivity contribution >= 4 is 17.3 Å². The maximum atomic E-state index is 11.9. The number of ether oxygens (including phenoxy) is 1. The number of aryl methyl sites for hydroxylation is 1. The molecule has 0 aliphatic carbocycles. The van der Waals surface area contributed by atoms with E-state index in [9.17, 15) is 14.9 Å². The van der Waals surface area contributed by atoms with Crippen LogP contribution in [0.25, 0.3) is 0 Å². The number of anilines is 1. The summed E-state index contributed by atoms with van der Waals surface area (Å²) in [6, 6.07) is 4.04. The summed E-state index contributed by atoms with van der Waals surface area (Å²) in [5.41, 5.74) is 0.302. The summed E-state index contributed by atoms with van der Waals surface area (Å²) in [6.07, 6.45) is 6.21. The Morgan fingerprint density at radius 2 is 2.29 bits per heavy atom. The van der Waals surface area contributed by atoms with Crippen molar-refractivity contribution in [3.05, 3.63) is 47.0 Å². The largest absolute Gasteiger partial charge is 0.494 e. The van der Waals surface area contributed by atoms with Crippen LogP contribution in [0.1, 0.15) is 6.42 Å². The number of nitrogens with one attached hydrogen (secondary N) is 2. The number of carbonyl (C=O) groups is 1. The number of aromatic nitrogens is 2. The highest BCUT2D eigenvalue weighted by molar-refractivity contribution is 5.93. The van der Waals surface area contributed by atoms with Crippen LogP contribution < -0.4 is 15.4 Å². The van der Waals surface area contributed by atoms with Gasteiger partial charge in [-0.2, -0.15) is 0 Å². The molecule has 1 heterocycles. The van der Waals surface area contributed by atoms with Crippen LogP contribution in [0.5, 0.6) is 5.75 Å². The first-order valence-electron chi connectivity index (χ1n) is 7.39. The molecule has 1 amide bonds. The van der Waals surface area contributed by atoms with Gasteiger partial charge in [0.2, 0.25) is 5.91 Å². The second-order valence-corrected chi connectivity index (χ2v) is 5.02. The summed E-state index contributed by atoms with van der Waals surface area (Å²) in [4.78, 5) is 26.1. The number of nitro benzene ring substituents is 1. The van der Waals surface area contributed by atoms with E-state index in [2.05, 4.69) is 15.6 Å². The molecule has 2 rings (SSSR count). The molecular formula is C15H19N5O4. The fraction of sp³-hybridized carbons (Fsp3) is 0.333. The summed E-state index contributed by atoms with van der Waals surface area (Å²) < 4.78 is 7.03. The third-order valence-corrected chi connectivity index (χ3v) is 3.28. The molecule has 24 heavy (non-hydrogen) atoms. The van der Waals surface area contributed by atoms with Crippen molar-refractivity contribution in [1.29, 1.82) is 0 Å². The zero-order chi connectivity index (χ0) is 17.4. The van der Waals surface area contributed by atoms with E-state index in [0.717, 1.165) is 13.0 Å². The summed E-state index contributed by atoms with van der Waals surface area (Å²) in [6.45, 7) is 1.65. The molecule has 0 fully saturated rings. The molecule has 0 unspecified atom stereocenters. The molecule has 0 bridgehead atoms. The summed E-state index contributed by atoms with van der Waals surface area (Å²) in [5.74, 6) is 0.00226. The number of benzene rings is 1. The Bertz CT molecular complexity index is 687. The topological polar surface area (TPSA) is 111 Å². The number of imidazole rings is 1. The number of carbonyl (C=O) groups excluding carboxylic acids is 1. The monoisotopic (exact) mass is 333 g/mol. The normalized spacial score (nSPS) is 10.4. The van der Waals surface area contributed by atoms with Gasteiger partial charge in [0.15, 0.2) is 0 Å². The number of nitro groups is 1. The van der Waals surface area contributed by atoms with Crippen LogP contribution in [0.4, 0.5) is 11.4 Å². The first-order chi connectivity index (χ1) is 11.6. The average molecular weight is 333 g/mol. The Kier molecular flexibility index (Phi) is 6.26. The zero-order valence-corrected chi connectivity index (χ0v) is 13.3. The second-order valence-electron chi connectivity index (χ2n) is 5.02. The maximum Gasteiger partial charge on any atom is 0.273 e. The van der Waals surface area contributed by atoms with Crippen LogP contribution in [0.15, 0.2) is 36.9 Å². The minimum absolute atomic E-state index is 0.0949.